The van der Waals surface area contributed by atoms with Crippen LogP contribution in [0.25, 0.3) is 0 Å². The van der Waals surface area contributed by atoms with E-state index in [1.807, 2.05) is 0 Å². The largest absolute Gasteiger partial charge is 0.508 e. The monoisotopic (exact) mass is 466 g/mol. The first-order chi connectivity index (χ1) is 15.8. The molecule has 33 heavy (non-hydrogen) atoms. The Hall–Kier alpha value is -2.51. The molecular formula is C22H26O11. The molecule has 180 valence electrons. The van der Waals surface area contributed by atoms with Crippen LogP contribution in [0.3, 0.4) is 0 Å². The Labute approximate surface area is 188 Å². The molecule has 2 heterocycles. The molecule has 11 nitrogen and oxygen atoms in total. The second-order valence-corrected chi connectivity index (χ2v) is 8.09. The number of aromatic hydroxyl groups is 1. The van der Waals surface area contributed by atoms with Gasteiger partial charge in [-0.1, -0.05) is 0 Å². The van der Waals surface area contributed by atoms with E-state index < -0.39 is 67.5 Å². The van der Waals surface area contributed by atoms with E-state index in [9.17, 15) is 35.4 Å². The molecule has 11 heteroatoms. The zero-order valence-corrected chi connectivity index (χ0v) is 17.4. The number of fused-ring (bicyclic) bond motifs is 1. The van der Waals surface area contributed by atoms with Gasteiger partial charge in [-0.15, -0.1) is 0 Å². The van der Waals surface area contributed by atoms with E-state index in [0.717, 1.165) is 0 Å². The average molecular weight is 466 g/mol. The van der Waals surface area contributed by atoms with Gasteiger partial charge in [0.25, 0.3) is 0 Å². The average Bonchev–Trinajstić information content (AvgIpc) is 3.18. The Bertz CT molecular complexity index is 896. The van der Waals surface area contributed by atoms with Crippen molar-refractivity contribution < 1.29 is 54.4 Å². The maximum Gasteiger partial charge on any atom is 0.338 e. The molecule has 0 bridgehead atoms. The summed E-state index contributed by atoms with van der Waals surface area (Å²) in [6.07, 6.45) is -4.61. The smallest absolute Gasteiger partial charge is 0.338 e. The maximum absolute atomic E-state index is 12.5. The normalized spacial score (nSPS) is 37.7. The SMILES string of the molecule is O=C(O[C@@H]1C=C(CO)[C@H]2[C@@H](O[C@H]3O[C@@H](CO)[C@H](O)[C@@H](O)[C@@H]3O)OC=C[C@@H]21)c1ccc(O)cc1. The van der Waals surface area contributed by atoms with Crippen LogP contribution in [0.4, 0.5) is 0 Å². The van der Waals surface area contributed by atoms with Crippen LogP contribution in [-0.2, 0) is 18.9 Å². The Kier molecular flexibility index (Phi) is 7.00. The van der Waals surface area contributed by atoms with Crippen molar-refractivity contribution in [1.82, 2.24) is 0 Å². The number of phenols is 1. The van der Waals surface area contributed by atoms with Crippen molar-refractivity contribution in [2.45, 2.75) is 43.1 Å². The maximum atomic E-state index is 12.5. The molecule has 0 saturated carbocycles. The summed E-state index contributed by atoms with van der Waals surface area (Å²) in [6.45, 7) is -0.987. The molecule has 1 aromatic carbocycles. The lowest BCUT2D eigenvalue weighted by Crippen LogP contribution is -2.60. The lowest BCUT2D eigenvalue weighted by Gasteiger charge is -2.42. The molecule has 0 aromatic heterocycles. The molecule has 0 radical (unpaired) electrons. The fraction of sp³-hybridized carbons (Fsp3) is 0.500. The number of ether oxygens (including phenoxy) is 4. The second-order valence-electron chi connectivity index (χ2n) is 8.09. The van der Waals surface area contributed by atoms with Gasteiger partial charge in [0.15, 0.2) is 6.29 Å². The van der Waals surface area contributed by atoms with Crippen LogP contribution >= 0.6 is 0 Å². The van der Waals surface area contributed by atoms with Crippen molar-refractivity contribution in [3.8, 4) is 5.75 Å². The van der Waals surface area contributed by atoms with Crippen LogP contribution in [0.5, 0.6) is 5.75 Å². The Morgan fingerprint density at radius 2 is 1.73 bits per heavy atom. The van der Waals surface area contributed by atoms with Gasteiger partial charge in [0.05, 0.1) is 31.0 Å². The molecule has 0 amide bonds. The molecule has 6 N–H and O–H groups in total. The number of phenolic OH excluding ortho intramolecular Hbond substituents is 1. The van der Waals surface area contributed by atoms with Gasteiger partial charge >= 0.3 is 5.97 Å². The highest BCUT2D eigenvalue weighted by Gasteiger charge is 2.50. The minimum absolute atomic E-state index is 0.00971. The number of esters is 1. The third kappa shape index (κ3) is 4.62. The standard InChI is InChI=1S/C22H26O11/c23-8-11-7-14(31-20(29)10-1-3-12(25)4-2-10)13-5-6-30-21(16(11)13)33-22-19(28)18(27)17(26)15(9-24)32-22/h1-7,13-19,21-28H,8-9H2/t13-,14-,15+,16-,17+,18-,19+,21-,22-/m1/s1. The van der Waals surface area contributed by atoms with Gasteiger partial charge in [-0.05, 0) is 42.0 Å². The zero-order chi connectivity index (χ0) is 23.7. The molecule has 9 atom stereocenters. The predicted molar refractivity (Wildman–Crippen MR) is 108 cm³/mol. The first kappa shape index (κ1) is 23.6. The van der Waals surface area contributed by atoms with Crippen molar-refractivity contribution in [3.63, 3.8) is 0 Å². The van der Waals surface area contributed by atoms with E-state index in [1.165, 1.54) is 30.5 Å². The van der Waals surface area contributed by atoms with Gasteiger partial charge < -0.3 is 49.6 Å². The molecular weight excluding hydrogens is 440 g/mol. The van der Waals surface area contributed by atoms with Crippen LogP contribution in [0.15, 0.2) is 48.3 Å². The fourth-order valence-corrected chi connectivity index (χ4v) is 4.26. The summed E-state index contributed by atoms with van der Waals surface area (Å²) >= 11 is 0. The van der Waals surface area contributed by atoms with Crippen molar-refractivity contribution in [1.29, 1.82) is 0 Å². The first-order valence-electron chi connectivity index (χ1n) is 10.4. The lowest BCUT2D eigenvalue weighted by atomic mass is 9.88. The van der Waals surface area contributed by atoms with Crippen molar-refractivity contribution in [2.24, 2.45) is 11.8 Å². The number of hydrogen-bond donors (Lipinski definition) is 6. The minimum Gasteiger partial charge on any atom is -0.508 e. The molecule has 0 unspecified atom stereocenters. The van der Waals surface area contributed by atoms with Gasteiger partial charge in [-0.2, -0.15) is 0 Å². The molecule has 1 fully saturated rings. The highest BCUT2D eigenvalue weighted by Crippen LogP contribution is 2.42. The predicted octanol–water partition coefficient (Wildman–Crippen LogP) is -1.23. The van der Waals surface area contributed by atoms with Gasteiger partial charge in [0.1, 0.15) is 36.3 Å². The molecule has 2 aliphatic heterocycles. The van der Waals surface area contributed by atoms with E-state index >= 15 is 0 Å². The molecule has 0 spiro atoms. The van der Waals surface area contributed by atoms with Gasteiger partial charge in [0.2, 0.25) is 6.29 Å². The number of hydrogen-bond acceptors (Lipinski definition) is 11. The summed E-state index contributed by atoms with van der Waals surface area (Å²) in [4.78, 5) is 12.5. The van der Waals surface area contributed by atoms with Crippen LogP contribution in [-0.4, -0.2) is 92.9 Å². The number of carbonyl (C=O) groups excluding carboxylic acids is 1. The summed E-state index contributed by atoms with van der Waals surface area (Å²) in [5.41, 5.74) is 0.711. The Morgan fingerprint density at radius 3 is 2.39 bits per heavy atom. The molecule has 3 aliphatic rings. The van der Waals surface area contributed by atoms with Gasteiger partial charge in [0, 0.05) is 5.92 Å². The number of aliphatic hydroxyl groups excluding tert-OH is 5. The lowest BCUT2D eigenvalue weighted by molar-refractivity contribution is -0.339. The number of aliphatic hydroxyl groups is 5. The highest BCUT2D eigenvalue weighted by atomic mass is 16.8. The van der Waals surface area contributed by atoms with Crippen molar-refractivity contribution in [2.75, 3.05) is 13.2 Å². The fourth-order valence-electron chi connectivity index (χ4n) is 4.26. The summed E-state index contributed by atoms with van der Waals surface area (Å²) in [7, 11) is 0. The molecule has 1 aromatic rings. The van der Waals surface area contributed by atoms with Crippen LogP contribution in [0, 0.1) is 11.8 Å². The van der Waals surface area contributed by atoms with Crippen LogP contribution in [0.1, 0.15) is 10.4 Å². The van der Waals surface area contributed by atoms with E-state index in [4.69, 9.17) is 18.9 Å². The highest BCUT2D eigenvalue weighted by molar-refractivity contribution is 5.89. The molecule has 4 rings (SSSR count). The van der Waals surface area contributed by atoms with Gasteiger partial charge in [-0.25, -0.2) is 4.79 Å². The van der Waals surface area contributed by atoms with E-state index in [1.54, 1.807) is 12.2 Å². The summed E-state index contributed by atoms with van der Waals surface area (Å²) < 4.78 is 22.3. The van der Waals surface area contributed by atoms with E-state index in [0.29, 0.717) is 5.57 Å². The van der Waals surface area contributed by atoms with Crippen molar-refractivity contribution >= 4 is 5.97 Å². The second kappa shape index (κ2) is 9.77. The van der Waals surface area contributed by atoms with Crippen LogP contribution in [0.2, 0.25) is 0 Å². The first-order valence-corrected chi connectivity index (χ1v) is 10.4. The number of carbonyl (C=O) groups is 1. The van der Waals surface area contributed by atoms with E-state index in [2.05, 4.69) is 0 Å². The third-order valence-corrected chi connectivity index (χ3v) is 6.05. The minimum atomic E-state index is -1.62. The van der Waals surface area contributed by atoms with Gasteiger partial charge in [-0.3, -0.25) is 0 Å². The summed E-state index contributed by atoms with van der Waals surface area (Å²) in [6, 6.07) is 5.57. The van der Waals surface area contributed by atoms with Crippen molar-refractivity contribution in [3.05, 3.63) is 53.8 Å². The van der Waals surface area contributed by atoms with E-state index in [-0.39, 0.29) is 17.9 Å². The van der Waals surface area contributed by atoms with Crippen LogP contribution < -0.4 is 0 Å². The molecule has 1 saturated heterocycles. The quantitative estimate of drug-likeness (QED) is 0.219. The topological polar surface area (TPSA) is 175 Å². The summed E-state index contributed by atoms with van der Waals surface area (Å²) in [5.74, 6) is -1.68. The third-order valence-electron chi connectivity index (χ3n) is 6.05. The summed E-state index contributed by atoms with van der Waals surface area (Å²) in [5, 5.41) is 58.8. The molecule has 1 aliphatic carbocycles. The Morgan fingerprint density at radius 1 is 1.00 bits per heavy atom. The number of benzene rings is 1. The zero-order valence-electron chi connectivity index (χ0n) is 17.4. The Balaban J connectivity index is 1.49. The number of rotatable bonds is 6.